The van der Waals surface area contributed by atoms with Gasteiger partial charge in [-0.3, -0.25) is 0 Å². The quantitative estimate of drug-likeness (QED) is 0.726. The van der Waals surface area contributed by atoms with E-state index in [-0.39, 0.29) is 10.6 Å². The van der Waals surface area contributed by atoms with Crippen LogP contribution in [0.1, 0.15) is 31.2 Å². The second-order valence-corrected chi connectivity index (χ2v) is 6.72. The first kappa shape index (κ1) is 14.3. The van der Waals surface area contributed by atoms with E-state index in [4.69, 9.17) is 5.73 Å². The molecule has 0 unspecified atom stereocenters. The van der Waals surface area contributed by atoms with Crippen LogP contribution in [0.3, 0.4) is 0 Å². The van der Waals surface area contributed by atoms with Gasteiger partial charge in [-0.25, -0.2) is 13.1 Å². The van der Waals surface area contributed by atoms with Gasteiger partial charge in [0, 0.05) is 6.04 Å². The van der Waals surface area contributed by atoms with Crippen LogP contribution < -0.4 is 10.5 Å². The third kappa shape index (κ3) is 3.08. The van der Waals surface area contributed by atoms with Gasteiger partial charge >= 0.3 is 0 Å². The maximum Gasteiger partial charge on any atom is 0.243 e. The molecule has 0 aromatic heterocycles. The molecule has 6 heteroatoms. The Morgan fingerprint density at radius 1 is 1.32 bits per heavy atom. The van der Waals surface area contributed by atoms with Gasteiger partial charge in [0.05, 0.1) is 11.8 Å². The van der Waals surface area contributed by atoms with Crippen LogP contribution in [-0.2, 0) is 10.0 Å². The van der Waals surface area contributed by atoms with Crippen molar-refractivity contribution in [3.8, 4) is 0 Å². The summed E-state index contributed by atoms with van der Waals surface area (Å²) in [6, 6.07) is 4.58. The standard InChI is InChI=1S/C13H20N2O3S/c1-9-5-4-6-10(14)13(9)19(17,18)15-11-7-2-3-8-12(11)16/h4-6,11-12,15-16H,2-3,7-8,14H2,1H3/t11-,12-/m0/s1. The molecular formula is C13H20N2O3S. The monoisotopic (exact) mass is 284 g/mol. The summed E-state index contributed by atoms with van der Waals surface area (Å²) in [6.45, 7) is 1.71. The molecule has 1 aliphatic rings. The van der Waals surface area contributed by atoms with Crippen LogP contribution in [0.4, 0.5) is 5.69 Å². The van der Waals surface area contributed by atoms with E-state index in [2.05, 4.69) is 4.72 Å². The summed E-state index contributed by atoms with van der Waals surface area (Å²) in [5.41, 5.74) is 6.61. The van der Waals surface area contributed by atoms with E-state index in [0.717, 1.165) is 12.8 Å². The molecule has 1 fully saturated rings. The van der Waals surface area contributed by atoms with Gasteiger partial charge < -0.3 is 10.8 Å². The fraction of sp³-hybridized carbons (Fsp3) is 0.538. The van der Waals surface area contributed by atoms with Gasteiger partial charge in [0.1, 0.15) is 4.90 Å². The number of hydrogen-bond acceptors (Lipinski definition) is 4. The Bertz CT molecular complexity index is 537. The number of nitrogens with one attached hydrogen (secondary N) is 1. The molecule has 0 heterocycles. The van der Waals surface area contributed by atoms with Crippen molar-refractivity contribution in [2.45, 2.75) is 49.6 Å². The lowest BCUT2D eigenvalue weighted by Crippen LogP contribution is -2.45. The molecule has 5 nitrogen and oxygen atoms in total. The van der Waals surface area contributed by atoms with Gasteiger partial charge in [-0.1, -0.05) is 25.0 Å². The lowest BCUT2D eigenvalue weighted by Gasteiger charge is -2.28. The number of aryl methyl sites for hydroxylation is 1. The summed E-state index contributed by atoms with van der Waals surface area (Å²) in [5.74, 6) is 0. The Kier molecular flexibility index (Phi) is 4.13. The second kappa shape index (κ2) is 5.48. The summed E-state index contributed by atoms with van der Waals surface area (Å²) in [6.07, 6.45) is 2.54. The van der Waals surface area contributed by atoms with E-state index in [1.54, 1.807) is 25.1 Å². The highest BCUT2D eigenvalue weighted by Crippen LogP contribution is 2.25. The molecule has 1 aromatic rings. The number of aliphatic hydroxyl groups is 1. The van der Waals surface area contributed by atoms with Crippen LogP contribution in [0.2, 0.25) is 0 Å². The van der Waals surface area contributed by atoms with E-state index in [1.807, 2.05) is 0 Å². The molecule has 1 aliphatic carbocycles. The van der Waals surface area contributed by atoms with E-state index in [1.165, 1.54) is 0 Å². The number of nitrogen functional groups attached to an aromatic ring is 1. The average Bonchev–Trinajstić information content (AvgIpc) is 2.31. The fourth-order valence-electron chi connectivity index (χ4n) is 2.55. The maximum absolute atomic E-state index is 12.4. The number of nitrogens with two attached hydrogens (primary N) is 1. The highest BCUT2D eigenvalue weighted by atomic mass is 32.2. The summed E-state index contributed by atoms with van der Waals surface area (Å²) < 4.78 is 27.4. The molecule has 19 heavy (non-hydrogen) atoms. The molecule has 0 amide bonds. The van der Waals surface area contributed by atoms with Crippen LogP contribution in [0.15, 0.2) is 23.1 Å². The summed E-state index contributed by atoms with van der Waals surface area (Å²) >= 11 is 0. The van der Waals surface area contributed by atoms with Crippen LogP contribution in [0.5, 0.6) is 0 Å². The van der Waals surface area contributed by atoms with Crippen LogP contribution >= 0.6 is 0 Å². The Hall–Kier alpha value is -1.11. The predicted molar refractivity (Wildman–Crippen MR) is 74.2 cm³/mol. The van der Waals surface area contributed by atoms with Crippen LogP contribution in [0.25, 0.3) is 0 Å². The minimum absolute atomic E-state index is 0.118. The van der Waals surface area contributed by atoms with Crippen LogP contribution in [0, 0.1) is 6.92 Å². The third-order valence-corrected chi connectivity index (χ3v) is 5.26. The van der Waals surface area contributed by atoms with Crippen molar-refractivity contribution in [1.82, 2.24) is 4.72 Å². The Labute approximate surface area is 113 Å². The minimum Gasteiger partial charge on any atom is -0.398 e. The van der Waals surface area contributed by atoms with Crippen molar-refractivity contribution in [3.05, 3.63) is 23.8 Å². The average molecular weight is 284 g/mol. The van der Waals surface area contributed by atoms with Gasteiger partial charge in [-0.2, -0.15) is 0 Å². The smallest absolute Gasteiger partial charge is 0.243 e. The molecular weight excluding hydrogens is 264 g/mol. The summed E-state index contributed by atoms with van der Waals surface area (Å²) in [7, 11) is -3.69. The van der Waals surface area contributed by atoms with Crippen molar-refractivity contribution >= 4 is 15.7 Å². The molecule has 106 valence electrons. The molecule has 4 N–H and O–H groups in total. The Morgan fingerprint density at radius 3 is 2.63 bits per heavy atom. The normalized spacial score (nSPS) is 24.3. The fourth-order valence-corrected chi connectivity index (χ4v) is 4.21. The molecule has 1 saturated carbocycles. The number of anilines is 1. The van der Waals surface area contributed by atoms with E-state index in [9.17, 15) is 13.5 Å². The summed E-state index contributed by atoms with van der Waals surface area (Å²) in [4.78, 5) is 0.118. The molecule has 0 bridgehead atoms. The minimum atomic E-state index is -3.69. The molecule has 0 aliphatic heterocycles. The van der Waals surface area contributed by atoms with Gasteiger partial charge in [0.2, 0.25) is 10.0 Å². The van der Waals surface area contributed by atoms with E-state index >= 15 is 0 Å². The molecule has 0 saturated heterocycles. The number of hydrogen-bond donors (Lipinski definition) is 3. The van der Waals surface area contributed by atoms with E-state index < -0.39 is 22.2 Å². The zero-order valence-corrected chi connectivity index (χ0v) is 11.8. The maximum atomic E-state index is 12.4. The number of aliphatic hydroxyl groups excluding tert-OH is 1. The highest BCUT2D eigenvalue weighted by Gasteiger charge is 2.29. The van der Waals surface area contributed by atoms with Gasteiger partial charge in [0.15, 0.2) is 0 Å². The van der Waals surface area contributed by atoms with Crippen molar-refractivity contribution in [3.63, 3.8) is 0 Å². The molecule has 2 rings (SSSR count). The Balaban J connectivity index is 2.27. The number of sulfonamides is 1. The van der Waals surface area contributed by atoms with Gasteiger partial charge in [-0.05, 0) is 31.4 Å². The lowest BCUT2D eigenvalue weighted by atomic mass is 9.93. The zero-order chi connectivity index (χ0) is 14.0. The highest BCUT2D eigenvalue weighted by molar-refractivity contribution is 7.89. The predicted octanol–water partition coefficient (Wildman–Crippen LogP) is 1.16. The van der Waals surface area contributed by atoms with Crippen molar-refractivity contribution in [1.29, 1.82) is 0 Å². The van der Waals surface area contributed by atoms with Crippen LogP contribution in [-0.4, -0.2) is 25.7 Å². The van der Waals surface area contributed by atoms with Crippen molar-refractivity contribution in [2.75, 3.05) is 5.73 Å². The van der Waals surface area contributed by atoms with Gasteiger partial charge in [-0.15, -0.1) is 0 Å². The third-order valence-electron chi connectivity index (χ3n) is 3.55. The van der Waals surface area contributed by atoms with Crippen molar-refractivity contribution < 1.29 is 13.5 Å². The summed E-state index contributed by atoms with van der Waals surface area (Å²) in [5, 5.41) is 9.86. The SMILES string of the molecule is Cc1cccc(N)c1S(=O)(=O)N[C@H]1CCCC[C@@H]1O. The second-order valence-electron chi connectivity index (χ2n) is 5.07. The first-order chi connectivity index (χ1) is 8.92. The van der Waals surface area contributed by atoms with Gasteiger partial charge in [0.25, 0.3) is 0 Å². The Morgan fingerprint density at radius 2 is 2.00 bits per heavy atom. The lowest BCUT2D eigenvalue weighted by molar-refractivity contribution is 0.101. The number of rotatable bonds is 3. The zero-order valence-electron chi connectivity index (χ0n) is 11.0. The largest absolute Gasteiger partial charge is 0.398 e. The number of benzene rings is 1. The molecule has 0 spiro atoms. The first-order valence-electron chi connectivity index (χ1n) is 6.47. The van der Waals surface area contributed by atoms with E-state index in [0.29, 0.717) is 18.4 Å². The molecule has 1 aromatic carbocycles. The molecule has 0 radical (unpaired) electrons. The van der Waals surface area contributed by atoms with Crippen molar-refractivity contribution in [2.24, 2.45) is 0 Å². The topological polar surface area (TPSA) is 92.4 Å². The molecule has 2 atom stereocenters. The first-order valence-corrected chi connectivity index (χ1v) is 7.95.